The lowest BCUT2D eigenvalue weighted by Crippen LogP contribution is -2.09. The van der Waals surface area contributed by atoms with Crippen LogP contribution in [0.1, 0.15) is 0 Å². The Morgan fingerprint density at radius 3 is 1.72 bits per heavy atom. The van der Waals surface area contributed by atoms with E-state index in [1.807, 2.05) is 30.6 Å². The highest BCUT2D eigenvalue weighted by molar-refractivity contribution is 6.20. The van der Waals surface area contributed by atoms with Crippen LogP contribution in [0.2, 0.25) is 0 Å². The average molecular weight is 497 g/mol. The summed E-state index contributed by atoms with van der Waals surface area (Å²) < 4.78 is 0. The van der Waals surface area contributed by atoms with Crippen LogP contribution < -0.4 is 4.90 Å². The highest BCUT2D eigenvalue weighted by Gasteiger charge is 2.23. The van der Waals surface area contributed by atoms with Crippen molar-refractivity contribution >= 4 is 38.6 Å². The van der Waals surface area contributed by atoms with Crippen molar-refractivity contribution in [3.8, 4) is 33.4 Å². The Morgan fingerprint density at radius 2 is 1.00 bits per heavy atom. The minimum Gasteiger partial charge on any atom is -0.310 e. The van der Waals surface area contributed by atoms with Crippen LogP contribution in [0.25, 0.3) is 54.9 Å². The number of rotatable bonds is 4. The van der Waals surface area contributed by atoms with Crippen LogP contribution in [0.5, 0.6) is 0 Å². The molecule has 39 heavy (non-hydrogen) atoms. The van der Waals surface area contributed by atoms with Crippen LogP contribution in [-0.4, -0.2) is 4.98 Å². The van der Waals surface area contributed by atoms with Crippen molar-refractivity contribution in [3.05, 3.63) is 146 Å². The van der Waals surface area contributed by atoms with Gasteiger partial charge in [-0.2, -0.15) is 0 Å². The van der Waals surface area contributed by atoms with Crippen molar-refractivity contribution in [1.82, 2.24) is 4.98 Å². The molecule has 0 atom stereocenters. The van der Waals surface area contributed by atoms with Crippen LogP contribution in [0.4, 0.5) is 17.1 Å². The van der Waals surface area contributed by atoms with Crippen LogP contribution in [0.15, 0.2) is 146 Å². The molecular formula is C37H24N2. The summed E-state index contributed by atoms with van der Waals surface area (Å²) in [4.78, 5) is 6.49. The first-order valence-corrected chi connectivity index (χ1v) is 13.3. The number of hydrogen-bond donors (Lipinski definition) is 0. The van der Waals surface area contributed by atoms with E-state index in [0.29, 0.717) is 0 Å². The van der Waals surface area contributed by atoms with Gasteiger partial charge in [-0.25, -0.2) is 0 Å². The fourth-order valence-electron chi connectivity index (χ4n) is 6.10. The topological polar surface area (TPSA) is 16.1 Å². The molecule has 8 rings (SSSR count). The normalized spacial score (nSPS) is 11.6. The van der Waals surface area contributed by atoms with E-state index >= 15 is 0 Å². The number of anilines is 3. The van der Waals surface area contributed by atoms with Crippen LogP contribution >= 0.6 is 0 Å². The molecule has 1 aliphatic rings. The number of hydrogen-bond acceptors (Lipinski definition) is 2. The zero-order valence-electron chi connectivity index (χ0n) is 21.3. The van der Waals surface area contributed by atoms with Crippen molar-refractivity contribution in [2.75, 3.05) is 4.90 Å². The summed E-state index contributed by atoms with van der Waals surface area (Å²) >= 11 is 0. The number of nitrogens with zero attached hydrogens (tertiary/aromatic N) is 2. The Morgan fingerprint density at radius 1 is 0.410 bits per heavy atom. The molecule has 1 aromatic heterocycles. The zero-order chi connectivity index (χ0) is 25.8. The maximum atomic E-state index is 4.22. The van der Waals surface area contributed by atoms with E-state index in [4.69, 9.17) is 0 Å². The van der Waals surface area contributed by atoms with E-state index in [2.05, 4.69) is 125 Å². The van der Waals surface area contributed by atoms with E-state index in [1.165, 1.54) is 54.9 Å². The second-order valence-corrected chi connectivity index (χ2v) is 10.1. The molecule has 0 bridgehead atoms. The summed E-state index contributed by atoms with van der Waals surface area (Å²) in [5.41, 5.74) is 11.1. The molecule has 0 spiro atoms. The lowest BCUT2D eigenvalue weighted by molar-refractivity contribution is 1.24. The molecule has 0 saturated carbocycles. The molecule has 2 heteroatoms. The molecule has 1 aliphatic carbocycles. The summed E-state index contributed by atoms with van der Waals surface area (Å²) in [5.74, 6) is 0. The minimum absolute atomic E-state index is 1.08. The van der Waals surface area contributed by atoms with E-state index in [0.717, 1.165) is 17.1 Å². The molecule has 1 heterocycles. The molecule has 0 saturated heterocycles. The van der Waals surface area contributed by atoms with Crippen molar-refractivity contribution in [2.45, 2.75) is 0 Å². The van der Waals surface area contributed by atoms with Crippen LogP contribution in [0.3, 0.4) is 0 Å². The van der Waals surface area contributed by atoms with Gasteiger partial charge < -0.3 is 4.90 Å². The Hall–Kier alpha value is -5.21. The maximum absolute atomic E-state index is 4.22. The highest BCUT2D eigenvalue weighted by Crippen LogP contribution is 2.50. The van der Waals surface area contributed by atoms with E-state index in [-0.39, 0.29) is 0 Å². The van der Waals surface area contributed by atoms with E-state index in [1.54, 1.807) is 0 Å². The third-order valence-corrected chi connectivity index (χ3v) is 7.88. The first-order chi connectivity index (χ1) is 19.3. The van der Waals surface area contributed by atoms with Gasteiger partial charge in [-0.05, 0) is 103 Å². The van der Waals surface area contributed by atoms with Gasteiger partial charge >= 0.3 is 0 Å². The van der Waals surface area contributed by atoms with Gasteiger partial charge in [0.25, 0.3) is 0 Å². The molecule has 0 radical (unpaired) electrons. The lowest BCUT2D eigenvalue weighted by Gasteiger charge is -2.25. The second kappa shape index (κ2) is 8.68. The predicted molar refractivity (Wildman–Crippen MR) is 164 cm³/mol. The predicted octanol–water partition coefficient (Wildman–Crippen LogP) is 10.2. The monoisotopic (exact) mass is 496 g/mol. The van der Waals surface area contributed by atoms with Gasteiger partial charge in [0.15, 0.2) is 0 Å². The third-order valence-electron chi connectivity index (χ3n) is 7.88. The summed E-state index contributed by atoms with van der Waals surface area (Å²) in [6.07, 6.45) is 3.68. The fourth-order valence-corrected chi connectivity index (χ4v) is 6.10. The van der Waals surface area contributed by atoms with Gasteiger partial charge in [-0.15, -0.1) is 0 Å². The van der Waals surface area contributed by atoms with Gasteiger partial charge in [-0.1, -0.05) is 84.9 Å². The number of aromatic nitrogens is 1. The fraction of sp³-hybridized carbons (Fsp3) is 0. The van der Waals surface area contributed by atoms with Crippen LogP contribution in [0, 0.1) is 0 Å². The summed E-state index contributed by atoms with van der Waals surface area (Å²) in [5, 5.41) is 5.22. The van der Waals surface area contributed by atoms with Crippen molar-refractivity contribution in [3.63, 3.8) is 0 Å². The Balaban J connectivity index is 1.25. The smallest absolute Gasteiger partial charge is 0.0492 e. The molecular weight excluding hydrogens is 472 g/mol. The van der Waals surface area contributed by atoms with Gasteiger partial charge in [0, 0.05) is 29.5 Å². The maximum Gasteiger partial charge on any atom is 0.0492 e. The zero-order valence-corrected chi connectivity index (χ0v) is 21.3. The first kappa shape index (κ1) is 21.8. The third kappa shape index (κ3) is 3.46. The number of pyridine rings is 1. The molecule has 0 amide bonds. The second-order valence-electron chi connectivity index (χ2n) is 10.1. The minimum atomic E-state index is 1.08. The lowest BCUT2D eigenvalue weighted by atomic mass is 9.94. The number of para-hydroxylation sites is 1. The largest absolute Gasteiger partial charge is 0.310 e. The molecule has 0 N–H and O–H groups in total. The summed E-state index contributed by atoms with van der Waals surface area (Å²) in [6, 6.07) is 48.2. The highest BCUT2D eigenvalue weighted by atomic mass is 15.1. The Labute approximate surface area is 227 Å². The number of fused-ring (bicyclic) bond motifs is 4. The molecule has 182 valence electrons. The quantitative estimate of drug-likeness (QED) is 0.241. The van der Waals surface area contributed by atoms with Crippen molar-refractivity contribution < 1.29 is 0 Å². The first-order valence-electron chi connectivity index (χ1n) is 13.3. The van der Waals surface area contributed by atoms with Gasteiger partial charge in [0.05, 0.1) is 0 Å². The summed E-state index contributed by atoms with van der Waals surface area (Å²) in [6.45, 7) is 0. The van der Waals surface area contributed by atoms with Gasteiger partial charge in [0.2, 0.25) is 0 Å². The molecule has 0 unspecified atom stereocenters. The molecule has 6 aromatic carbocycles. The molecule has 7 aromatic rings. The standard InChI is InChI=1S/C37H24N2/c1-2-9-28(10-3-1)39(30-19-21-38-22-20-30)29-15-13-25(14-16-29)31-17-18-34-36-24-27-8-5-4-7-26(27)23-35(36)33-12-6-11-32(31)37(33)34/h1-24H. The number of benzene rings is 6. The van der Waals surface area contributed by atoms with E-state index in [9.17, 15) is 0 Å². The average Bonchev–Trinajstić information content (AvgIpc) is 3.32. The van der Waals surface area contributed by atoms with E-state index < -0.39 is 0 Å². The molecule has 0 aliphatic heterocycles. The van der Waals surface area contributed by atoms with Crippen molar-refractivity contribution in [2.24, 2.45) is 0 Å². The van der Waals surface area contributed by atoms with Gasteiger partial charge in [-0.3, -0.25) is 4.98 Å². The summed E-state index contributed by atoms with van der Waals surface area (Å²) in [7, 11) is 0. The SMILES string of the molecule is c1ccc(N(c2ccncc2)c2ccc(-c3ccc4c5c(cccc35)-c3cc5ccccc5cc3-4)cc2)cc1. The van der Waals surface area contributed by atoms with Crippen LogP contribution in [-0.2, 0) is 0 Å². The Kier molecular flexibility index (Phi) is 4.86. The Bertz CT molecular complexity index is 1900. The molecule has 2 nitrogen and oxygen atoms in total. The van der Waals surface area contributed by atoms with Crippen molar-refractivity contribution in [1.29, 1.82) is 0 Å². The molecule has 0 fully saturated rings. The van der Waals surface area contributed by atoms with Gasteiger partial charge in [0.1, 0.15) is 0 Å².